The minimum absolute atomic E-state index is 0.640. The molecule has 0 aliphatic rings. The molecule has 3 N–H and O–H groups in total. The Labute approximate surface area is 77.2 Å². The number of nitrogens with two attached hydrogens (primary N) is 1. The molecule has 68 valence electrons. The Bertz CT molecular complexity index is 288. The molecule has 0 aliphatic carbocycles. The summed E-state index contributed by atoms with van der Waals surface area (Å²) >= 11 is 0. The van der Waals surface area contributed by atoms with E-state index in [1.54, 1.807) is 0 Å². The fourth-order valence-corrected chi connectivity index (χ4v) is 0.614. The minimum Gasteiger partial charge on any atom is -0.472 e. The van der Waals surface area contributed by atoms with Crippen molar-refractivity contribution in [3.63, 3.8) is 0 Å². The van der Waals surface area contributed by atoms with Gasteiger partial charge in [0.2, 0.25) is 0 Å². The molecule has 0 bridgehead atoms. The largest absolute Gasteiger partial charge is 0.472 e. The molecular formula is C10H11NO2. The molecule has 0 atom stereocenters. The first-order valence-corrected chi connectivity index (χ1v) is 3.64. The Morgan fingerprint density at radius 1 is 1.46 bits per heavy atom. The van der Waals surface area contributed by atoms with Crippen molar-refractivity contribution in [2.45, 2.75) is 6.54 Å². The third kappa shape index (κ3) is 6.60. The van der Waals surface area contributed by atoms with Gasteiger partial charge in [-0.2, -0.15) is 0 Å². The zero-order valence-electron chi connectivity index (χ0n) is 7.10. The number of carboxylic acid groups (broad SMARTS) is 1. The maximum atomic E-state index is 9.13. The maximum Gasteiger partial charge on any atom is 0.381 e. The van der Waals surface area contributed by atoms with Crippen LogP contribution in [0.1, 0.15) is 5.56 Å². The molecule has 0 unspecified atom stereocenters. The molecule has 1 aromatic rings. The summed E-state index contributed by atoms with van der Waals surface area (Å²) in [6.45, 7) is 0.640. The molecule has 0 amide bonds. The zero-order valence-corrected chi connectivity index (χ0v) is 7.10. The molecule has 3 heteroatoms. The lowest BCUT2D eigenvalue weighted by Crippen LogP contribution is -1.94. The van der Waals surface area contributed by atoms with Crippen LogP contribution in [0.5, 0.6) is 0 Å². The smallest absolute Gasteiger partial charge is 0.381 e. The highest BCUT2D eigenvalue weighted by molar-refractivity contribution is 5.85. The summed E-state index contributed by atoms with van der Waals surface area (Å²) in [5, 5.41) is 7.49. The van der Waals surface area contributed by atoms with Crippen LogP contribution in [-0.2, 0) is 11.3 Å². The van der Waals surface area contributed by atoms with Gasteiger partial charge in [0.05, 0.1) is 0 Å². The quantitative estimate of drug-likeness (QED) is 0.625. The van der Waals surface area contributed by atoms with Crippen LogP contribution < -0.4 is 5.73 Å². The molecule has 0 spiro atoms. The van der Waals surface area contributed by atoms with E-state index in [9.17, 15) is 0 Å². The first kappa shape index (κ1) is 11.2. The predicted molar refractivity (Wildman–Crippen MR) is 50.8 cm³/mol. The summed E-state index contributed by atoms with van der Waals surface area (Å²) in [4.78, 5) is 9.13. The standard InChI is InChI=1S/C7H9N.C3H2O2/c8-6-7-4-2-1-3-5-7;1-2-3(4)5/h1-5H,6,8H2;1H,(H,4,5). The summed E-state index contributed by atoms with van der Waals surface area (Å²) in [5.74, 6) is 0.227. The summed E-state index contributed by atoms with van der Waals surface area (Å²) in [7, 11) is 0. The average molecular weight is 177 g/mol. The molecule has 0 fully saturated rings. The van der Waals surface area contributed by atoms with E-state index in [0.29, 0.717) is 6.54 Å². The SMILES string of the molecule is C#CC(=O)O.NCc1ccccc1. The van der Waals surface area contributed by atoms with Crippen LogP contribution in [0.2, 0.25) is 0 Å². The first-order valence-electron chi connectivity index (χ1n) is 3.64. The second-order valence-electron chi connectivity index (χ2n) is 2.14. The van der Waals surface area contributed by atoms with Crippen molar-refractivity contribution in [1.82, 2.24) is 0 Å². The van der Waals surface area contributed by atoms with Crippen LogP contribution in [-0.4, -0.2) is 11.1 Å². The van der Waals surface area contributed by atoms with Gasteiger partial charge in [0.1, 0.15) is 0 Å². The maximum absolute atomic E-state index is 9.13. The monoisotopic (exact) mass is 177 g/mol. The molecule has 1 aromatic carbocycles. The first-order chi connectivity index (χ1) is 6.20. The van der Waals surface area contributed by atoms with Gasteiger partial charge in [-0.05, 0) is 5.56 Å². The van der Waals surface area contributed by atoms with Crippen LogP contribution in [0.3, 0.4) is 0 Å². The van der Waals surface area contributed by atoms with Gasteiger partial charge in [0.15, 0.2) is 0 Å². The third-order valence-corrected chi connectivity index (χ3v) is 1.20. The van der Waals surface area contributed by atoms with Crippen molar-refractivity contribution in [3.8, 4) is 12.3 Å². The normalized spacial score (nSPS) is 7.69. The van der Waals surface area contributed by atoms with Crippen molar-refractivity contribution < 1.29 is 9.90 Å². The second kappa shape index (κ2) is 6.89. The highest BCUT2D eigenvalue weighted by Crippen LogP contribution is 1.94. The second-order valence-corrected chi connectivity index (χ2v) is 2.14. The molecule has 0 heterocycles. The predicted octanol–water partition coefficient (Wildman–Crippen LogP) is 0.849. The van der Waals surface area contributed by atoms with Gasteiger partial charge in [-0.25, -0.2) is 4.79 Å². The number of terminal acetylenes is 1. The van der Waals surface area contributed by atoms with Gasteiger partial charge in [0, 0.05) is 12.5 Å². The number of aliphatic carboxylic acids is 1. The number of carbonyl (C=O) groups is 1. The van der Waals surface area contributed by atoms with Crippen molar-refractivity contribution in [3.05, 3.63) is 35.9 Å². The average Bonchev–Trinajstić information content (AvgIpc) is 2.20. The Morgan fingerprint density at radius 2 is 1.92 bits per heavy atom. The molecular weight excluding hydrogens is 166 g/mol. The van der Waals surface area contributed by atoms with Gasteiger partial charge in [-0.3, -0.25) is 0 Å². The van der Waals surface area contributed by atoms with E-state index in [2.05, 4.69) is 6.42 Å². The Hall–Kier alpha value is -1.79. The fourth-order valence-electron chi connectivity index (χ4n) is 0.614. The molecule has 0 saturated heterocycles. The molecule has 3 nitrogen and oxygen atoms in total. The lowest BCUT2D eigenvalue weighted by atomic mass is 10.2. The van der Waals surface area contributed by atoms with Gasteiger partial charge < -0.3 is 10.8 Å². The van der Waals surface area contributed by atoms with E-state index in [-0.39, 0.29) is 0 Å². The topological polar surface area (TPSA) is 63.3 Å². The van der Waals surface area contributed by atoms with E-state index in [4.69, 9.17) is 15.6 Å². The van der Waals surface area contributed by atoms with E-state index in [1.807, 2.05) is 30.3 Å². The highest BCUT2D eigenvalue weighted by Gasteiger charge is 1.80. The van der Waals surface area contributed by atoms with Crippen LogP contribution in [0, 0.1) is 12.3 Å². The van der Waals surface area contributed by atoms with Gasteiger partial charge in [-0.1, -0.05) is 30.3 Å². The van der Waals surface area contributed by atoms with Crippen LogP contribution in [0.4, 0.5) is 0 Å². The van der Waals surface area contributed by atoms with E-state index < -0.39 is 5.97 Å². The Kier molecular flexibility index (Phi) is 5.94. The number of benzene rings is 1. The molecule has 1 rings (SSSR count). The van der Waals surface area contributed by atoms with E-state index in [0.717, 1.165) is 0 Å². The molecule has 13 heavy (non-hydrogen) atoms. The molecule has 0 aliphatic heterocycles. The van der Waals surface area contributed by atoms with Crippen molar-refractivity contribution in [1.29, 1.82) is 0 Å². The number of hydrogen-bond acceptors (Lipinski definition) is 2. The summed E-state index contributed by atoms with van der Waals surface area (Å²) in [5.41, 5.74) is 6.54. The van der Waals surface area contributed by atoms with Gasteiger partial charge >= 0.3 is 5.97 Å². The van der Waals surface area contributed by atoms with Crippen LogP contribution in [0.15, 0.2) is 30.3 Å². The van der Waals surface area contributed by atoms with E-state index in [1.165, 1.54) is 11.5 Å². The summed E-state index contributed by atoms with van der Waals surface area (Å²) < 4.78 is 0. The summed E-state index contributed by atoms with van der Waals surface area (Å²) in [6.07, 6.45) is 4.32. The van der Waals surface area contributed by atoms with Gasteiger partial charge in [0.25, 0.3) is 0 Å². The van der Waals surface area contributed by atoms with Crippen molar-refractivity contribution >= 4 is 5.97 Å². The number of hydrogen-bond donors (Lipinski definition) is 2. The van der Waals surface area contributed by atoms with Crippen molar-refractivity contribution in [2.75, 3.05) is 0 Å². The Morgan fingerprint density at radius 3 is 2.15 bits per heavy atom. The fraction of sp³-hybridized carbons (Fsp3) is 0.100. The number of carboxylic acids is 1. The van der Waals surface area contributed by atoms with Crippen molar-refractivity contribution in [2.24, 2.45) is 5.73 Å². The lowest BCUT2D eigenvalue weighted by Gasteiger charge is -1.90. The molecule has 0 radical (unpaired) electrons. The third-order valence-electron chi connectivity index (χ3n) is 1.20. The van der Waals surface area contributed by atoms with E-state index >= 15 is 0 Å². The molecule has 0 aromatic heterocycles. The van der Waals surface area contributed by atoms with Gasteiger partial charge in [-0.15, -0.1) is 6.42 Å². The number of rotatable bonds is 1. The van der Waals surface area contributed by atoms with Crippen LogP contribution in [0.25, 0.3) is 0 Å². The zero-order chi connectivity index (χ0) is 10.1. The summed E-state index contributed by atoms with van der Waals surface area (Å²) in [6, 6.07) is 9.99. The van der Waals surface area contributed by atoms with Crippen LogP contribution >= 0.6 is 0 Å². The minimum atomic E-state index is -1.22. The molecule has 0 saturated carbocycles. The highest BCUT2D eigenvalue weighted by atomic mass is 16.4. The lowest BCUT2D eigenvalue weighted by molar-refractivity contribution is -0.130. The Balaban J connectivity index is 0.000000252.